The number of hydrogen-bond acceptors (Lipinski definition) is 3. The molecule has 4 nitrogen and oxygen atoms in total. The highest BCUT2D eigenvalue weighted by Gasteiger charge is 2.33. The predicted molar refractivity (Wildman–Crippen MR) is 59.7 cm³/mol. The molecular weight excluding hydrogens is 192 g/mol. The van der Waals surface area contributed by atoms with Crippen molar-refractivity contribution in [1.29, 1.82) is 0 Å². The van der Waals surface area contributed by atoms with Gasteiger partial charge in [0.15, 0.2) is 0 Å². The lowest BCUT2D eigenvalue weighted by atomic mass is 10.0. The minimum atomic E-state index is -0.0330. The molecule has 1 aliphatic heterocycles. The average Bonchev–Trinajstić information content (AvgIpc) is 2.65. The summed E-state index contributed by atoms with van der Waals surface area (Å²) in [7, 11) is 1.87. The molecule has 3 unspecified atom stereocenters. The summed E-state index contributed by atoms with van der Waals surface area (Å²) in [5.74, 6) is 0.0853. The van der Waals surface area contributed by atoms with Gasteiger partial charge in [-0.1, -0.05) is 13.3 Å². The Morgan fingerprint density at radius 1 is 1.53 bits per heavy atom. The molecule has 1 fully saturated rings. The number of likely N-dealkylation sites (N-methyl/N-ethyl adjacent to an activating group) is 1. The topological polar surface area (TPSA) is 50.4 Å². The first-order valence-corrected chi connectivity index (χ1v) is 5.74. The third-order valence-electron chi connectivity index (χ3n) is 2.90. The van der Waals surface area contributed by atoms with E-state index in [1.165, 1.54) is 0 Å². The van der Waals surface area contributed by atoms with Gasteiger partial charge in [-0.25, -0.2) is 0 Å². The van der Waals surface area contributed by atoms with Crippen LogP contribution in [0, 0.1) is 5.92 Å². The van der Waals surface area contributed by atoms with E-state index >= 15 is 0 Å². The summed E-state index contributed by atoms with van der Waals surface area (Å²) in [5.41, 5.74) is 0. The van der Waals surface area contributed by atoms with E-state index in [4.69, 9.17) is 4.74 Å². The molecule has 0 bridgehead atoms. The van der Waals surface area contributed by atoms with E-state index < -0.39 is 0 Å². The summed E-state index contributed by atoms with van der Waals surface area (Å²) < 4.78 is 5.30. The van der Waals surface area contributed by atoms with Crippen LogP contribution < -0.4 is 10.6 Å². The molecule has 1 aliphatic rings. The summed E-state index contributed by atoms with van der Waals surface area (Å²) in [6, 6.07) is 0.430. The van der Waals surface area contributed by atoms with Gasteiger partial charge in [0, 0.05) is 12.1 Å². The van der Waals surface area contributed by atoms with Crippen LogP contribution in [0.5, 0.6) is 0 Å². The molecule has 1 amide bonds. The van der Waals surface area contributed by atoms with E-state index in [9.17, 15) is 4.79 Å². The fourth-order valence-corrected chi connectivity index (χ4v) is 1.95. The Bertz CT molecular complexity index is 209. The third kappa shape index (κ3) is 3.47. The molecule has 1 heterocycles. The molecule has 0 aromatic heterocycles. The lowest BCUT2D eigenvalue weighted by Crippen LogP contribution is -2.45. The predicted octanol–water partition coefficient (Wildman–Crippen LogP) is 0.526. The molecule has 0 aromatic carbocycles. The van der Waals surface area contributed by atoms with Crippen molar-refractivity contribution in [2.45, 2.75) is 38.8 Å². The van der Waals surface area contributed by atoms with E-state index in [2.05, 4.69) is 17.6 Å². The maximum atomic E-state index is 11.9. The van der Waals surface area contributed by atoms with Gasteiger partial charge in [-0.3, -0.25) is 4.79 Å². The second-order valence-corrected chi connectivity index (χ2v) is 4.24. The average molecular weight is 214 g/mol. The minimum Gasteiger partial charge on any atom is -0.379 e. The Labute approximate surface area is 91.8 Å². The van der Waals surface area contributed by atoms with E-state index in [1.54, 1.807) is 0 Å². The Hall–Kier alpha value is -0.610. The molecular formula is C11H22N2O2. The standard InChI is InChI=1S/C11H22N2O2/c1-4-5-8(2)13-11(14)9-6-15-7-10(9)12-3/h8-10,12H,4-7H2,1-3H3,(H,13,14). The van der Waals surface area contributed by atoms with Crippen LogP contribution in [-0.4, -0.2) is 38.3 Å². The maximum Gasteiger partial charge on any atom is 0.227 e. The van der Waals surface area contributed by atoms with Gasteiger partial charge >= 0.3 is 0 Å². The van der Waals surface area contributed by atoms with Crippen molar-refractivity contribution < 1.29 is 9.53 Å². The maximum absolute atomic E-state index is 11.9. The van der Waals surface area contributed by atoms with Gasteiger partial charge in [-0.2, -0.15) is 0 Å². The molecule has 2 N–H and O–H groups in total. The molecule has 1 rings (SSSR count). The second-order valence-electron chi connectivity index (χ2n) is 4.24. The van der Waals surface area contributed by atoms with Crippen molar-refractivity contribution in [3.63, 3.8) is 0 Å². The highest BCUT2D eigenvalue weighted by Crippen LogP contribution is 2.13. The molecule has 15 heavy (non-hydrogen) atoms. The van der Waals surface area contributed by atoms with Gasteiger partial charge < -0.3 is 15.4 Å². The number of ether oxygens (including phenoxy) is 1. The molecule has 0 spiro atoms. The number of amides is 1. The molecule has 0 aromatic rings. The fourth-order valence-electron chi connectivity index (χ4n) is 1.95. The highest BCUT2D eigenvalue weighted by molar-refractivity contribution is 5.80. The minimum absolute atomic E-state index is 0.0330. The van der Waals surface area contributed by atoms with Crippen molar-refractivity contribution in [3.05, 3.63) is 0 Å². The van der Waals surface area contributed by atoms with Gasteiger partial charge in [0.2, 0.25) is 5.91 Å². The zero-order valence-corrected chi connectivity index (χ0v) is 9.88. The molecule has 0 saturated carbocycles. The summed E-state index contributed by atoms with van der Waals surface area (Å²) in [4.78, 5) is 11.9. The van der Waals surface area contributed by atoms with Crippen molar-refractivity contribution in [1.82, 2.24) is 10.6 Å². The first-order valence-electron chi connectivity index (χ1n) is 5.74. The summed E-state index contributed by atoms with van der Waals surface area (Å²) in [5, 5.41) is 6.14. The summed E-state index contributed by atoms with van der Waals surface area (Å²) in [6.07, 6.45) is 2.13. The number of hydrogen-bond donors (Lipinski definition) is 2. The summed E-state index contributed by atoms with van der Waals surface area (Å²) >= 11 is 0. The first kappa shape index (κ1) is 12.5. The van der Waals surface area contributed by atoms with Crippen LogP contribution in [0.4, 0.5) is 0 Å². The van der Waals surface area contributed by atoms with E-state index in [0.717, 1.165) is 12.8 Å². The van der Waals surface area contributed by atoms with Gasteiger partial charge in [-0.05, 0) is 20.4 Å². The highest BCUT2D eigenvalue weighted by atomic mass is 16.5. The quantitative estimate of drug-likeness (QED) is 0.701. The Kier molecular flexibility index (Phi) is 5.05. The van der Waals surface area contributed by atoms with E-state index in [-0.39, 0.29) is 23.9 Å². The van der Waals surface area contributed by atoms with Crippen LogP contribution in [0.25, 0.3) is 0 Å². The van der Waals surface area contributed by atoms with Crippen molar-refractivity contribution in [2.75, 3.05) is 20.3 Å². The van der Waals surface area contributed by atoms with Gasteiger partial charge in [0.1, 0.15) is 0 Å². The van der Waals surface area contributed by atoms with Gasteiger partial charge in [0.25, 0.3) is 0 Å². The van der Waals surface area contributed by atoms with Crippen molar-refractivity contribution in [2.24, 2.45) is 5.92 Å². The Balaban J connectivity index is 2.38. The largest absolute Gasteiger partial charge is 0.379 e. The lowest BCUT2D eigenvalue weighted by Gasteiger charge is -2.19. The number of nitrogens with one attached hydrogen (secondary N) is 2. The fraction of sp³-hybridized carbons (Fsp3) is 0.909. The van der Waals surface area contributed by atoms with Crippen LogP contribution in [0.3, 0.4) is 0 Å². The van der Waals surface area contributed by atoms with E-state index in [0.29, 0.717) is 13.2 Å². The van der Waals surface area contributed by atoms with Crippen LogP contribution in [0.2, 0.25) is 0 Å². The van der Waals surface area contributed by atoms with Crippen LogP contribution >= 0.6 is 0 Å². The molecule has 3 atom stereocenters. The summed E-state index contributed by atoms with van der Waals surface area (Å²) in [6.45, 7) is 5.34. The Morgan fingerprint density at radius 3 is 2.87 bits per heavy atom. The molecule has 88 valence electrons. The number of carbonyl (C=O) groups excluding carboxylic acids is 1. The van der Waals surface area contributed by atoms with Crippen LogP contribution in [0.15, 0.2) is 0 Å². The monoisotopic (exact) mass is 214 g/mol. The lowest BCUT2D eigenvalue weighted by molar-refractivity contribution is -0.126. The molecule has 1 saturated heterocycles. The Morgan fingerprint density at radius 2 is 2.27 bits per heavy atom. The normalized spacial score (nSPS) is 27.7. The number of rotatable bonds is 5. The van der Waals surface area contributed by atoms with E-state index in [1.807, 2.05) is 14.0 Å². The van der Waals surface area contributed by atoms with Crippen molar-refractivity contribution in [3.8, 4) is 0 Å². The SMILES string of the molecule is CCCC(C)NC(=O)C1COCC1NC. The van der Waals surface area contributed by atoms with Gasteiger partial charge in [-0.15, -0.1) is 0 Å². The smallest absolute Gasteiger partial charge is 0.227 e. The first-order chi connectivity index (χ1) is 7.19. The second kappa shape index (κ2) is 6.08. The van der Waals surface area contributed by atoms with Crippen LogP contribution in [0.1, 0.15) is 26.7 Å². The zero-order valence-electron chi connectivity index (χ0n) is 9.88. The van der Waals surface area contributed by atoms with Gasteiger partial charge in [0.05, 0.1) is 19.1 Å². The number of carbonyl (C=O) groups is 1. The zero-order chi connectivity index (χ0) is 11.3. The third-order valence-corrected chi connectivity index (χ3v) is 2.90. The molecule has 0 radical (unpaired) electrons. The molecule has 0 aliphatic carbocycles. The molecule has 4 heteroatoms. The van der Waals surface area contributed by atoms with Crippen LogP contribution in [-0.2, 0) is 9.53 Å². The van der Waals surface area contributed by atoms with Crippen molar-refractivity contribution >= 4 is 5.91 Å².